The third-order valence-electron chi connectivity index (χ3n) is 0.960. The molecule has 0 aromatic heterocycles. The molecule has 0 unspecified atom stereocenters. The average Bonchev–Trinajstić information content (AvgIpc) is 2.04. The Balaban J connectivity index is 4.24. The van der Waals surface area contributed by atoms with Crippen molar-refractivity contribution < 1.29 is 0 Å². The van der Waals surface area contributed by atoms with E-state index in [2.05, 4.69) is 33.5 Å². The SMILES string of the molecule is C/C=C(/I)C=C=N/C(C)=C\N. The quantitative estimate of drug-likeness (QED) is 0.463. The lowest BCUT2D eigenvalue weighted by molar-refractivity contribution is 1.28. The first-order chi connectivity index (χ1) is 5.20. The summed E-state index contributed by atoms with van der Waals surface area (Å²) in [6.07, 6.45) is 5.22. The molecule has 2 nitrogen and oxygen atoms in total. The van der Waals surface area contributed by atoms with Crippen molar-refractivity contribution in [2.75, 3.05) is 0 Å². The van der Waals surface area contributed by atoms with Crippen molar-refractivity contribution >= 4 is 28.5 Å². The zero-order valence-corrected chi connectivity index (χ0v) is 8.79. The van der Waals surface area contributed by atoms with E-state index in [0.717, 1.165) is 9.28 Å². The summed E-state index contributed by atoms with van der Waals surface area (Å²) in [5.74, 6) is 2.76. The fourth-order valence-electron chi connectivity index (χ4n) is 0.316. The van der Waals surface area contributed by atoms with Gasteiger partial charge < -0.3 is 5.73 Å². The van der Waals surface area contributed by atoms with E-state index >= 15 is 0 Å². The maximum absolute atomic E-state index is 5.20. The van der Waals surface area contributed by atoms with Crippen molar-refractivity contribution in [1.82, 2.24) is 0 Å². The van der Waals surface area contributed by atoms with E-state index in [1.807, 2.05) is 19.9 Å². The Kier molecular flexibility index (Phi) is 5.88. The summed E-state index contributed by atoms with van der Waals surface area (Å²) in [7, 11) is 0. The second-order valence-electron chi connectivity index (χ2n) is 1.87. The summed E-state index contributed by atoms with van der Waals surface area (Å²) in [5, 5.41) is 0. The third kappa shape index (κ3) is 5.88. The summed E-state index contributed by atoms with van der Waals surface area (Å²) in [4.78, 5) is 3.92. The lowest BCUT2D eigenvalue weighted by Gasteiger charge is -1.82. The van der Waals surface area contributed by atoms with Gasteiger partial charge in [0.15, 0.2) is 0 Å². The Bertz CT molecular complexity index is 210. The van der Waals surface area contributed by atoms with Crippen LogP contribution in [-0.4, -0.2) is 5.87 Å². The molecule has 3 heteroatoms. The Morgan fingerprint density at radius 2 is 2.27 bits per heavy atom. The van der Waals surface area contributed by atoms with Crippen molar-refractivity contribution in [3.05, 3.63) is 27.6 Å². The largest absolute Gasteiger partial charge is 0.403 e. The molecule has 0 heterocycles. The Morgan fingerprint density at radius 3 is 2.73 bits per heavy atom. The molecule has 0 saturated heterocycles. The Labute approximate surface area is 80.7 Å². The summed E-state index contributed by atoms with van der Waals surface area (Å²) < 4.78 is 1.11. The molecule has 0 spiro atoms. The normalized spacial score (nSPS) is 12.3. The molecular formula is C8H11IN2. The van der Waals surface area contributed by atoms with E-state index in [1.165, 1.54) is 6.20 Å². The fourth-order valence-corrected chi connectivity index (χ4v) is 0.456. The van der Waals surface area contributed by atoms with Gasteiger partial charge in [-0.2, -0.15) is 0 Å². The van der Waals surface area contributed by atoms with Gasteiger partial charge in [0.25, 0.3) is 0 Å². The highest BCUT2D eigenvalue weighted by atomic mass is 127. The summed E-state index contributed by atoms with van der Waals surface area (Å²) in [6, 6.07) is 0. The van der Waals surface area contributed by atoms with Gasteiger partial charge in [0.2, 0.25) is 0 Å². The van der Waals surface area contributed by atoms with E-state index in [4.69, 9.17) is 5.73 Å². The van der Waals surface area contributed by atoms with Crippen molar-refractivity contribution in [3.63, 3.8) is 0 Å². The van der Waals surface area contributed by atoms with Crippen molar-refractivity contribution in [3.8, 4) is 0 Å². The molecule has 0 radical (unpaired) electrons. The molecule has 0 fully saturated rings. The van der Waals surface area contributed by atoms with E-state index in [0.29, 0.717) is 0 Å². The molecule has 0 aromatic rings. The molecular weight excluding hydrogens is 251 g/mol. The molecule has 2 N–H and O–H groups in total. The highest BCUT2D eigenvalue weighted by Gasteiger charge is 1.77. The Morgan fingerprint density at radius 1 is 1.64 bits per heavy atom. The first-order valence-corrected chi connectivity index (χ1v) is 4.28. The van der Waals surface area contributed by atoms with E-state index in [9.17, 15) is 0 Å². The van der Waals surface area contributed by atoms with Gasteiger partial charge in [-0.1, -0.05) is 6.08 Å². The first-order valence-electron chi connectivity index (χ1n) is 3.20. The van der Waals surface area contributed by atoms with Gasteiger partial charge in [0.05, 0.1) is 5.70 Å². The topological polar surface area (TPSA) is 38.4 Å². The van der Waals surface area contributed by atoms with Crippen molar-refractivity contribution in [2.24, 2.45) is 10.7 Å². The second kappa shape index (κ2) is 6.19. The van der Waals surface area contributed by atoms with Crippen LogP contribution in [0.15, 0.2) is 32.6 Å². The fraction of sp³-hybridized carbons (Fsp3) is 0.250. The summed E-state index contributed by atoms with van der Waals surface area (Å²) >= 11 is 2.20. The van der Waals surface area contributed by atoms with Gasteiger partial charge in [-0.25, -0.2) is 4.99 Å². The number of hydrogen-bond acceptors (Lipinski definition) is 2. The number of allylic oxidation sites excluding steroid dienone is 4. The van der Waals surface area contributed by atoms with Gasteiger partial charge in [-0.3, -0.25) is 0 Å². The summed E-state index contributed by atoms with van der Waals surface area (Å²) in [6.45, 7) is 3.79. The molecule has 0 bridgehead atoms. The van der Waals surface area contributed by atoms with Gasteiger partial charge >= 0.3 is 0 Å². The van der Waals surface area contributed by atoms with Crippen LogP contribution in [0.5, 0.6) is 0 Å². The van der Waals surface area contributed by atoms with Crippen LogP contribution in [0.3, 0.4) is 0 Å². The molecule has 0 saturated carbocycles. The van der Waals surface area contributed by atoms with E-state index in [-0.39, 0.29) is 0 Å². The maximum Gasteiger partial charge on any atom is 0.0626 e. The van der Waals surface area contributed by atoms with Crippen LogP contribution in [0.2, 0.25) is 0 Å². The van der Waals surface area contributed by atoms with Crippen LogP contribution in [-0.2, 0) is 0 Å². The average molecular weight is 262 g/mol. The van der Waals surface area contributed by atoms with Crippen LogP contribution >= 0.6 is 22.6 Å². The highest BCUT2D eigenvalue weighted by molar-refractivity contribution is 14.1. The monoisotopic (exact) mass is 262 g/mol. The number of aliphatic imine (C=N–C) groups is 1. The minimum Gasteiger partial charge on any atom is -0.403 e. The van der Waals surface area contributed by atoms with Crippen molar-refractivity contribution in [1.29, 1.82) is 0 Å². The van der Waals surface area contributed by atoms with Gasteiger partial charge in [-0.05, 0) is 42.3 Å². The van der Waals surface area contributed by atoms with E-state index < -0.39 is 0 Å². The minimum atomic E-state index is 0.765. The van der Waals surface area contributed by atoms with Crippen LogP contribution in [0.4, 0.5) is 0 Å². The lowest BCUT2D eigenvalue weighted by Crippen LogP contribution is -1.79. The zero-order chi connectivity index (χ0) is 8.69. The molecule has 0 aliphatic carbocycles. The smallest absolute Gasteiger partial charge is 0.0626 e. The first kappa shape index (κ1) is 10.5. The molecule has 0 amide bonds. The van der Waals surface area contributed by atoms with Crippen molar-refractivity contribution in [2.45, 2.75) is 13.8 Å². The highest BCUT2D eigenvalue weighted by Crippen LogP contribution is 2.03. The molecule has 0 aromatic carbocycles. The Hall–Kier alpha value is -0.540. The third-order valence-corrected chi connectivity index (χ3v) is 1.89. The molecule has 0 atom stereocenters. The predicted octanol–water partition coefficient (Wildman–Crippen LogP) is 2.37. The lowest BCUT2D eigenvalue weighted by atomic mass is 10.5. The van der Waals surface area contributed by atoms with Gasteiger partial charge in [0, 0.05) is 15.9 Å². The zero-order valence-electron chi connectivity index (χ0n) is 6.63. The number of nitrogens with zero attached hydrogens (tertiary/aromatic N) is 1. The van der Waals surface area contributed by atoms with Crippen LogP contribution in [0, 0.1) is 0 Å². The van der Waals surface area contributed by atoms with Crippen LogP contribution in [0.1, 0.15) is 13.8 Å². The second-order valence-corrected chi connectivity index (χ2v) is 3.11. The summed E-state index contributed by atoms with van der Waals surface area (Å²) in [5.41, 5.74) is 5.96. The van der Waals surface area contributed by atoms with Crippen LogP contribution in [0.25, 0.3) is 0 Å². The van der Waals surface area contributed by atoms with Gasteiger partial charge in [-0.15, -0.1) is 0 Å². The molecule has 0 aliphatic rings. The number of rotatable bonds is 2. The number of nitrogens with two attached hydrogens (primary N) is 1. The van der Waals surface area contributed by atoms with E-state index in [1.54, 1.807) is 6.08 Å². The molecule has 60 valence electrons. The standard InChI is InChI=1S/C8H11IN2/c1-3-8(9)4-5-11-7(2)6-10/h3-4,6H,10H2,1-2H3/b7-6-,8-3+. The number of hydrogen-bond donors (Lipinski definition) is 1. The minimum absolute atomic E-state index is 0.765. The number of halogens is 1. The maximum atomic E-state index is 5.20. The molecule has 0 rings (SSSR count). The molecule has 11 heavy (non-hydrogen) atoms. The van der Waals surface area contributed by atoms with Crippen LogP contribution < -0.4 is 5.73 Å². The van der Waals surface area contributed by atoms with Gasteiger partial charge in [0.1, 0.15) is 0 Å². The predicted molar refractivity (Wildman–Crippen MR) is 57.7 cm³/mol. The molecule has 0 aliphatic heterocycles.